The van der Waals surface area contributed by atoms with Crippen molar-refractivity contribution in [2.24, 2.45) is 11.3 Å². The predicted octanol–water partition coefficient (Wildman–Crippen LogP) is 6.88. The number of nitrogens with zero attached hydrogens (tertiary/aromatic N) is 3. The summed E-state index contributed by atoms with van der Waals surface area (Å²) in [5.74, 6) is -1.17. The lowest BCUT2D eigenvalue weighted by molar-refractivity contribution is -0.274. The number of carboxylic acid groups (broad SMARTS) is 1. The molecule has 12 heteroatoms. The lowest BCUT2D eigenvalue weighted by Gasteiger charge is -2.40. The number of rotatable bonds is 7. The predicted molar refractivity (Wildman–Crippen MR) is 142 cm³/mol. The van der Waals surface area contributed by atoms with E-state index in [2.05, 4.69) is 30.8 Å². The molecule has 0 spiro atoms. The SMILES string of the molecule is C[C@@H]1C[C@H](n2c(Nc3ccc(OC(F)(F)F)cc3)nc3cc(C(=O)N(C)CC(=O)O)c(Cl)cc32)CC(C)(C)C1. The molecule has 1 fully saturated rings. The minimum Gasteiger partial charge on any atom is -0.480 e. The topological polar surface area (TPSA) is 96.7 Å². The number of aromatic nitrogens is 2. The Hall–Kier alpha value is -3.47. The Bertz CT molecular complexity index is 1390. The second kappa shape index (κ2) is 10.6. The van der Waals surface area contributed by atoms with Gasteiger partial charge in [-0.3, -0.25) is 9.59 Å². The summed E-state index contributed by atoms with van der Waals surface area (Å²) in [6, 6.07) is 8.57. The number of anilines is 2. The average Bonchev–Trinajstić information content (AvgIpc) is 3.13. The Kier molecular flexibility index (Phi) is 7.75. The summed E-state index contributed by atoms with van der Waals surface area (Å²) in [4.78, 5) is 29.8. The van der Waals surface area contributed by atoms with Crippen molar-refractivity contribution in [2.45, 2.75) is 52.4 Å². The first-order valence-corrected chi connectivity index (χ1v) is 12.8. The van der Waals surface area contributed by atoms with Gasteiger partial charge in [0.2, 0.25) is 5.95 Å². The number of fused-ring (bicyclic) bond motifs is 1. The van der Waals surface area contributed by atoms with E-state index in [0.717, 1.165) is 24.2 Å². The molecule has 1 aromatic heterocycles. The molecule has 0 saturated heterocycles. The number of likely N-dealkylation sites (N-methyl/N-ethyl adjacent to an activating group) is 1. The second-order valence-electron chi connectivity index (χ2n) is 10.9. The molecule has 0 radical (unpaired) electrons. The molecule has 1 saturated carbocycles. The minimum absolute atomic E-state index is 0.0383. The summed E-state index contributed by atoms with van der Waals surface area (Å²) in [6.45, 7) is 6.13. The van der Waals surface area contributed by atoms with Crippen molar-refractivity contribution >= 4 is 46.1 Å². The summed E-state index contributed by atoms with van der Waals surface area (Å²) >= 11 is 6.55. The van der Waals surface area contributed by atoms with Gasteiger partial charge in [0.1, 0.15) is 12.3 Å². The maximum Gasteiger partial charge on any atom is 0.573 e. The number of benzene rings is 2. The molecule has 3 aromatic rings. The van der Waals surface area contributed by atoms with Crippen LogP contribution in [0.4, 0.5) is 24.8 Å². The molecule has 2 N–H and O–H groups in total. The van der Waals surface area contributed by atoms with Gasteiger partial charge < -0.3 is 24.6 Å². The zero-order chi connectivity index (χ0) is 28.7. The third-order valence-electron chi connectivity index (χ3n) is 6.80. The number of hydrogen-bond donors (Lipinski definition) is 2. The lowest BCUT2D eigenvalue weighted by Crippen LogP contribution is -2.32. The molecule has 1 heterocycles. The van der Waals surface area contributed by atoms with Gasteiger partial charge >= 0.3 is 12.3 Å². The van der Waals surface area contributed by atoms with Crippen molar-refractivity contribution < 1.29 is 32.6 Å². The summed E-state index contributed by atoms with van der Waals surface area (Å²) in [5.41, 5.74) is 1.84. The number of carboxylic acids is 1. The normalized spacial score (nSPS) is 19.1. The van der Waals surface area contributed by atoms with Crippen LogP contribution in [0.2, 0.25) is 5.02 Å². The van der Waals surface area contributed by atoms with Gasteiger partial charge in [-0.05, 0) is 67.0 Å². The van der Waals surface area contributed by atoms with Crippen LogP contribution in [0.3, 0.4) is 0 Å². The van der Waals surface area contributed by atoms with Crippen molar-refractivity contribution in [2.75, 3.05) is 18.9 Å². The first-order valence-electron chi connectivity index (χ1n) is 12.4. The van der Waals surface area contributed by atoms with Gasteiger partial charge in [0, 0.05) is 18.8 Å². The summed E-state index contributed by atoms with van der Waals surface area (Å²) in [5, 5.41) is 12.4. The standard InChI is InChI=1S/C27H30ClF3N4O4/c1-15-9-17(13-26(2,3)12-15)35-22-11-20(28)19(24(38)34(4)14-23(36)37)10-21(22)33-25(35)32-16-5-7-18(8-6-16)39-27(29,30)31/h5-8,10-11,15,17H,9,12-14H2,1-4H3,(H,32,33)(H,36,37)/t15-,17+/m1/s1. The van der Waals surface area contributed by atoms with Crippen LogP contribution in [0.15, 0.2) is 36.4 Å². The number of carbonyl (C=O) groups excluding carboxylic acids is 1. The number of ether oxygens (including phenoxy) is 1. The minimum atomic E-state index is -4.79. The molecule has 1 aliphatic rings. The van der Waals surface area contributed by atoms with Gasteiger partial charge in [-0.25, -0.2) is 4.98 Å². The quantitative estimate of drug-likeness (QED) is 0.324. The van der Waals surface area contributed by atoms with E-state index < -0.39 is 24.8 Å². The van der Waals surface area contributed by atoms with E-state index in [9.17, 15) is 22.8 Å². The maximum absolute atomic E-state index is 12.9. The van der Waals surface area contributed by atoms with Gasteiger partial charge in [0.25, 0.3) is 5.91 Å². The highest BCUT2D eigenvalue weighted by molar-refractivity contribution is 6.34. The summed E-state index contributed by atoms with van der Waals surface area (Å²) in [7, 11) is 1.38. The molecule has 210 valence electrons. The highest BCUT2D eigenvalue weighted by Crippen LogP contribution is 2.46. The Morgan fingerprint density at radius 1 is 1.23 bits per heavy atom. The zero-order valence-corrected chi connectivity index (χ0v) is 22.7. The molecule has 1 aliphatic carbocycles. The van der Waals surface area contributed by atoms with E-state index in [1.807, 2.05) is 4.57 Å². The van der Waals surface area contributed by atoms with E-state index in [1.54, 1.807) is 6.07 Å². The van der Waals surface area contributed by atoms with Crippen LogP contribution in [0.1, 0.15) is 56.4 Å². The largest absolute Gasteiger partial charge is 0.573 e. The van der Waals surface area contributed by atoms with E-state index in [-0.39, 0.29) is 27.8 Å². The van der Waals surface area contributed by atoms with Crippen LogP contribution in [-0.2, 0) is 4.79 Å². The van der Waals surface area contributed by atoms with Gasteiger partial charge in [-0.2, -0.15) is 0 Å². The molecule has 2 atom stereocenters. The smallest absolute Gasteiger partial charge is 0.480 e. The number of hydrogen-bond acceptors (Lipinski definition) is 5. The highest BCUT2D eigenvalue weighted by atomic mass is 35.5. The Balaban J connectivity index is 1.77. The van der Waals surface area contributed by atoms with Gasteiger partial charge in [0.15, 0.2) is 0 Å². The molecule has 8 nitrogen and oxygen atoms in total. The van der Waals surface area contributed by atoms with E-state index >= 15 is 0 Å². The number of aliphatic carboxylic acids is 1. The fourth-order valence-corrected chi connectivity index (χ4v) is 5.82. The molecule has 4 rings (SSSR count). The number of carbonyl (C=O) groups is 2. The molecular formula is C27H30ClF3N4O4. The second-order valence-corrected chi connectivity index (χ2v) is 11.4. The summed E-state index contributed by atoms with van der Waals surface area (Å²) < 4.78 is 43.7. The van der Waals surface area contributed by atoms with Crippen LogP contribution in [0.25, 0.3) is 11.0 Å². The van der Waals surface area contributed by atoms with Gasteiger partial charge in [-0.15, -0.1) is 13.2 Å². The molecule has 39 heavy (non-hydrogen) atoms. The fourth-order valence-electron chi connectivity index (χ4n) is 5.58. The van der Waals surface area contributed by atoms with Crippen molar-refractivity contribution in [3.63, 3.8) is 0 Å². The lowest BCUT2D eigenvalue weighted by atomic mass is 9.70. The van der Waals surface area contributed by atoms with Crippen LogP contribution < -0.4 is 10.1 Å². The molecule has 0 unspecified atom stereocenters. The van der Waals surface area contributed by atoms with E-state index in [0.29, 0.717) is 28.6 Å². The van der Waals surface area contributed by atoms with E-state index in [4.69, 9.17) is 21.7 Å². The molecule has 0 aliphatic heterocycles. The van der Waals surface area contributed by atoms with Crippen LogP contribution in [0, 0.1) is 11.3 Å². The fraction of sp³-hybridized carbons (Fsp3) is 0.444. The Morgan fingerprint density at radius 3 is 2.49 bits per heavy atom. The third kappa shape index (κ3) is 6.76. The number of imidazole rings is 1. The van der Waals surface area contributed by atoms with Gasteiger partial charge in [-0.1, -0.05) is 32.4 Å². The maximum atomic E-state index is 12.9. The van der Waals surface area contributed by atoms with Crippen molar-refractivity contribution in [1.29, 1.82) is 0 Å². The number of alkyl halides is 3. The zero-order valence-electron chi connectivity index (χ0n) is 22.0. The average molecular weight is 567 g/mol. The number of halogens is 4. The molecular weight excluding hydrogens is 537 g/mol. The first kappa shape index (κ1) is 28.5. The summed E-state index contributed by atoms with van der Waals surface area (Å²) in [6.07, 6.45) is -1.99. The van der Waals surface area contributed by atoms with Gasteiger partial charge in [0.05, 0.1) is 21.6 Å². The number of amides is 1. The Labute approximate surface area is 228 Å². The van der Waals surface area contributed by atoms with Crippen LogP contribution >= 0.6 is 11.6 Å². The highest BCUT2D eigenvalue weighted by Gasteiger charge is 2.35. The monoisotopic (exact) mass is 566 g/mol. The van der Waals surface area contributed by atoms with Crippen molar-refractivity contribution in [1.82, 2.24) is 14.5 Å². The van der Waals surface area contributed by atoms with Crippen LogP contribution in [0.5, 0.6) is 5.75 Å². The van der Waals surface area contributed by atoms with Crippen molar-refractivity contribution in [3.8, 4) is 5.75 Å². The van der Waals surface area contributed by atoms with Crippen LogP contribution in [-0.4, -0.2) is 51.4 Å². The molecule has 2 aromatic carbocycles. The third-order valence-corrected chi connectivity index (χ3v) is 7.11. The first-order chi connectivity index (χ1) is 18.1. The molecule has 0 bridgehead atoms. The number of nitrogens with one attached hydrogen (secondary N) is 1. The Morgan fingerprint density at radius 2 is 1.90 bits per heavy atom. The van der Waals surface area contributed by atoms with Crippen molar-refractivity contribution in [3.05, 3.63) is 47.0 Å². The van der Waals surface area contributed by atoms with E-state index in [1.165, 1.54) is 37.4 Å². The molecule has 1 amide bonds.